The summed E-state index contributed by atoms with van der Waals surface area (Å²) in [6, 6.07) is 5.50. The van der Waals surface area contributed by atoms with Crippen molar-refractivity contribution in [3.05, 3.63) is 51.4 Å². The first kappa shape index (κ1) is 20.4. The van der Waals surface area contributed by atoms with Gasteiger partial charge in [-0.15, -0.1) is 0 Å². The first-order chi connectivity index (χ1) is 14.6. The van der Waals surface area contributed by atoms with Gasteiger partial charge in [0.25, 0.3) is 0 Å². The molecule has 30 heavy (non-hydrogen) atoms. The summed E-state index contributed by atoms with van der Waals surface area (Å²) in [6.07, 6.45) is 9.44. The second-order valence-corrected chi connectivity index (χ2v) is 8.65. The van der Waals surface area contributed by atoms with Gasteiger partial charge in [0, 0.05) is 35.2 Å². The molecule has 1 aromatic carbocycles. The average Bonchev–Trinajstić information content (AvgIpc) is 2.72. The molecule has 0 saturated heterocycles. The molecule has 0 radical (unpaired) electrons. The summed E-state index contributed by atoms with van der Waals surface area (Å²) in [5, 5.41) is 16.5. The maximum atomic E-state index is 11.8. The minimum atomic E-state index is -0.306. The number of allylic oxidation sites excluding steroid dienone is 1. The van der Waals surface area contributed by atoms with E-state index < -0.39 is 0 Å². The van der Waals surface area contributed by atoms with Crippen LogP contribution in [0.5, 0.6) is 5.75 Å². The summed E-state index contributed by atoms with van der Waals surface area (Å²) in [6.45, 7) is 0.473. The number of amides is 1. The number of hydrogen-bond donors (Lipinski definition) is 2. The molecule has 0 atom stereocenters. The van der Waals surface area contributed by atoms with Crippen LogP contribution in [0.4, 0.5) is 0 Å². The standard InChI is InChI=1S/C23H28N4O3/c1-30-23(22-18-9-14-8-15(11-18)12-19(22)10-14)17-3-2-16(20(28)13-17)4-5-21(29)25-6-7-26-27-24/h2-5,13-15,18-19,28H,6-12H2,1H3,(H,25,29)/b5-4+,23-22?. The Morgan fingerprint density at radius 2 is 1.97 bits per heavy atom. The van der Waals surface area contributed by atoms with E-state index in [9.17, 15) is 9.90 Å². The number of methoxy groups -OCH3 is 1. The van der Waals surface area contributed by atoms with Crippen LogP contribution in [0.3, 0.4) is 0 Å². The third-order valence-electron chi connectivity index (χ3n) is 6.77. The number of benzene rings is 1. The van der Waals surface area contributed by atoms with Gasteiger partial charge in [-0.2, -0.15) is 0 Å². The summed E-state index contributed by atoms with van der Waals surface area (Å²) in [4.78, 5) is 14.5. The summed E-state index contributed by atoms with van der Waals surface area (Å²) in [5.41, 5.74) is 11.1. The van der Waals surface area contributed by atoms with Gasteiger partial charge in [0.2, 0.25) is 5.91 Å². The van der Waals surface area contributed by atoms with E-state index in [4.69, 9.17) is 10.3 Å². The normalized spacial score (nSPS) is 26.5. The molecule has 1 aromatic rings. The van der Waals surface area contributed by atoms with Crippen molar-refractivity contribution in [1.29, 1.82) is 0 Å². The first-order valence-electron chi connectivity index (χ1n) is 10.7. The SMILES string of the molecule is COC(=C1C2CC3CC(C2)CC1C3)c1ccc(/C=C/C(=O)NCCN=[N+]=[N-])c(O)c1. The van der Waals surface area contributed by atoms with Crippen LogP contribution in [0.15, 0.2) is 35.0 Å². The number of nitrogens with one attached hydrogen (secondary N) is 1. The minimum Gasteiger partial charge on any atom is -0.507 e. The van der Waals surface area contributed by atoms with Gasteiger partial charge in [-0.3, -0.25) is 4.79 Å². The molecule has 4 aliphatic rings. The van der Waals surface area contributed by atoms with E-state index in [0.717, 1.165) is 23.2 Å². The number of rotatable bonds is 7. The largest absolute Gasteiger partial charge is 0.507 e. The highest BCUT2D eigenvalue weighted by Crippen LogP contribution is 2.58. The van der Waals surface area contributed by atoms with Crippen molar-refractivity contribution >= 4 is 17.7 Å². The quantitative estimate of drug-likeness (QED) is 0.171. The Morgan fingerprint density at radius 3 is 2.57 bits per heavy atom. The molecule has 4 saturated carbocycles. The van der Waals surface area contributed by atoms with Crippen molar-refractivity contribution in [2.24, 2.45) is 28.8 Å². The zero-order valence-corrected chi connectivity index (χ0v) is 17.3. The summed E-state index contributed by atoms with van der Waals surface area (Å²) in [5.74, 6) is 3.73. The van der Waals surface area contributed by atoms with Gasteiger partial charge in [-0.05, 0) is 79.0 Å². The van der Waals surface area contributed by atoms with Gasteiger partial charge in [0.15, 0.2) is 0 Å². The number of hydrogen-bond acceptors (Lipinski definition) is 4. The van der Waals surface area contributed by atoms with Gasteiger partial charge in [0.05, 0.1) is 7.11 Å². The number of carbonyl (C=O) groups excluding carboxylic acids is 1. The van der Waals surface area contributed by atoms with Crippen LogP contribution in [0, 0.1) is 23.7 Å². The number of phenols is 1. The van der Waals surface area contributed by atoms with Gasteiger partial charge in [-0.1, -0.05) is 17.2 Å². The summed E-state index contributed by atoms with van der Waals surface area (Å²) in [7, 11) is 1.72. The third kappa shape index (κ3) is 4.17. The van der Waals surface area contributed by atoms with E-state index in [-0.39, 0.29) is 24.7 Å². The zero-order chi connectivity index (χ0) is 21.1. The Kier molecular flexibility index (Phi) is 6.00. The smallest absolute Gasteiger partial charge is 0.244 e. The second kappa shape index (κ2) is 8.84. The predicted octanol–water partition coefficient (Wildman–Crippen LogP) is 4.65. The lowest BCUT2D eigenvalue weighted by Crippen LogP contribution is -2.40. The number of azide groups is 1. The number of phenolic OH excluding ortho intramolecular Hbond substituents is 1. The molecule has 158 valence electrons. The highest BCUT2D eigenvalue weighted by atomic mass is 16.5. The van der Waals surface area contributed by atoms with Crippen LogP contribution in [0.25, 0.3) is 22.3 Å². The van der Waals surface area contributed by atoms with Crippen LogP contribution in [0.1, 0.15) is 43.2 Å². The Morgan fingerprint density at radius 1 is 1.27 bits per heavy atom. The maximum Gasteiger partial charge on any atom is 0.244 e. The highest BCUT2D eigenvalue weighted by Gasteiger charge is 2.46. The lowest BCUT2D eigenvalue weighted by Gasteiger charge is -2.51. The van der Waals surface area contributed by atoms with E-state index >= 15 is 0 Å². The van der Waals surface area contributed by atoms with Gasteiger partial charge >= 0.3 is 0 Å². The predicted molar refractivity (Wildman–Crippen MR) is 115 cm³/mol. The van der Waals surface area contributed by atoms with Gasteiger partial charge in [-0.25, -0.2) is 0 Å². The van der Waals surface area contributed by atoms with Crippen LogP contribution in [0.2, 0.25) is 0 Å². The monoisotopic (exact) mass is 408 g/mol. The molecule has 7 heteroatoms. The van der Waals surface area contributed by atoms with Crippen molar-refractivity contribution in [2.45, 2.75) is 32.1 Å². The Bertz CT molecular complexity index is 900. The molecule has 0 aromatic heterocycles. The fourth-order valence-electron chi connectivity index (χ4n) is 5.79. The molecule has 0 heterocycles. The topological polar surface area (TPSA) is 107 Å². The number of nitrogens with zero attached hydrogens (tertiary/aromatic N) is 3. The second-order valence-electron chi connectivity index (χ2n) is 8.65. The van der Waals surface area contributed by atoms with Gasteiger partial charge < -0.3 is 15.2 Å². The summed E-state index contributed by atoms with van der Waals surface area (Å²) < 4.78 is 5.87. The number of aromatic hydroxyl groups is 1. The molecule has 4 fully saturated rings. The first-order valence-corrected chi connectivity index (χ1v) is 10.7. The molecule has 0 unspecified atom stereocenters. The lowest BCUT2D eigenvalue weighted by molar-refractivity contribution is -0.116. The fraction of sp³-hybridized carbons (Fsp3) is 0.522. The van der Waals surface area contributed by atoms with Crippen molar-refractivity contribution in [3.63, 3.8) is 0 Å². The fourth-order valence-corrected chi connectivity index (χ4v) is 5.79. The number of carbonyl (C=O) groups is 1. The highest BCUT2D eigenvalue weighted by molar-refractivity contribution is 5.92. The molecular formula is C23H28N4O3. The van der Waals surface area contributed by atoms with E-state index in [0.29, 0.717) is 17.4 Å². The van der Waals surface area contributed by atoms with Crippen molar-refractivity contribution in [3.8, 4) is 5.75 Å². The van der Waals surface area contributed by atoms with Crippen LogP contribution in [-0.4, -0.2) is 31.2 Å². The molecular weight excluding hydrogens is 380 g/mol. The molecule has 0 spiro atoms. The minimum absolute atomic E-state index is 0.115. The van der Waals surface area contributed by atoms with E-state index in [2.05, 4.69) is 15.3 Å². The van der Waals surface area contributed by atoms with E-state index in [1.165, 1.54) is 43.8 Å². The molecule has 4 bridgehead atoms. The van der Waals surface area contributed by atoms with Gasteiger partial charge in [0.1, 0.15) is 11.5 Å². The average molecular weight is 409 g/mol. The van der Waals surface area contributed by atoms with Crippen LogP contribution in [-0.2, 0) is 9.53 Å². The number of ether oxygens (including phenoxy) is 1. The van der Waals surface area contributed by atoms with Crippen LogP contribution >= 0.6 is 0 Å². The molecule has 5 rings (SSSR count). The van der Waals surface area contributed by atoms with E-state index in [1.54, 1.807) is 19.3 Å². The Hall–Kier alpha value is -2.92. The van der Waals surface area contributed by atoms with Crippen LogP contribution < -0.4 is 5.32 Å². The molecule has 2 N–H and O–H groups in total. The molecule has 4 aliphatic carbocycles. The Balaban J connectivity index is 1.50. The van der Waals surface area contributed by atoms with E-state index in [1.807, 2.05) is 12.1 Å². The third-order valence-corrected chi connectivity index (χ3v) is 6.77. The zero-order valence-electron chi connectivity index (χ0n) is 17.3. The summed E-state index contributed by atoms with van der Waals surface area (Å²) >= 11 is 0. The van der Waals surface area contributed by atoms with Crippen molar-refractivity contribution in [1.82, 2.24) is 5.32 Å². The molecule has 7 nitrogen and oxygen atoms in total. The molecule has 0 aliphatic heterocycles. The lowest BCUT2D eigenvalue weighted by atomic mass is 9.54. The Labute approximate surface area is 176 Å². The van der Waals surface area contributed by atoms with Crippen molar-refractivity contribution in [2.75, 3.05) is 20.2 Å². The molecule has 1 amide bonds. The maximum absolute atomic E-state index is 11.8. The van der Waals surface area contributed by atoms with Crippen molar-refractivity contribution < 1.29 is 14.6 Å².